The first kappa shape index (κ1) is 18.1. The maximum atomic E-state index is 13.8. The number of para-hydroxylation sites is 2. The van der Waals surface area contributed by atoms with E-state index in [1.807, 2.05) is 41.8 Å². The lowest BCUT2D eigenvalue weighted by atomic mass is 10.3. The molecular formula is C19H18FN3O2S. The number of aromatic nitrogens is 3. The molecule has 3 aromatic rings. The van der Waals surface area contributed by atoms with Gasteiger partial charge in [0.25, 0.3) is 0 Å². The van der Waals surface area contributed by atoms with Crippen LogP contribution in [-0.4, -0.2) is 25.8 Å². The second-order valence-electron chi connectivity index (χ2n) is 5.66. The van der Waals surface area contributed by atoms with Crippen LogP contribution in [0.1, 0.15) is 19.7 Å². The zero-order valence-corrected chi connectivity index (χ0v) is 15.2. The van der Waals surface area contributed by atoms with E-state index >= 15 is 0 Å². The Bertz CT molecular complexity index is 899. The molecule has 0 aliphatic rings. The van der Waals surface area contributed by atoms with Crippen LogP contribution in [0.4, 0.5) is 4.39 Å². The Balaban J connectivity index is 1.91. The predicted molar refractivity (Wildman–Crippen MR) is 98.1 cm³/mol. The molecular weight excluding hydrogens is 353 g/mol. The number of carbonyl (C=O) groups excluding carboxylic acids is 1. The third-order valence-corrected chi connectivity index (χ3v) is 4.92. The molecule has 3 rings (SSSR count). The summed E-state index contributed by atoms with van der Waals surface area (Å²) in [5.41, 5.74) is 0.850. The van der Waals surface area contributed by atoms with E-state index in [1.165, 1.54) is 17.8 Å². The Kier molecular flexibility index (Phi) is 5.68. The van der Waals surface area contributed by atoms with Crippen LogP contribution in [0.2, 0.25) is 0 Å². The number of halogens is 1. The van der Waals surface area contributed by atoms with E-state index in [4.69, 9.17) is 4.74 Å². The van der Waals surface area contributed by atoms with Crippen molar-refractivity contribution in [3.63, 3.8) is 0 Å². The lowest BCUT2D eigenvalue weighted by Gasteiger charge is -2.12. The number of carbonyl (C=O) groups is 1. The summed E-state index contributed by atoms with van der Waals surface area (Å²) in [4.78, 5) is 11.6. The largest absolute Gasteiger partial charge is 0.483 e. The molecule has 0 bridgehead atoms. The summed E-state index contributed by atoms with van der Waals surface area (Å²) in [6.07, 6.45) is 0. The van der Waals surface area contributed by atoms with E-state index in [2.05, 4.69) is 10.2 Å². The van der Waals surface area contributed by atoms with Crippen LogP contribution < -0.4 is 4.74 Å². The molecule has 0 aliphatic carbocycles. The number of nitrogens with zero attached hydrogens (tertiary/aromatic N) is 3. The number of ether oxygens (including phenoxy) is 1. The van der Waals surface area contributed by atoms with E-state index in [0.29, 0.717) is 11.0 Å². The highest BCUT2D eigenvalue weighted by Crippen LogP contribution is 2.27. The van der Waals surface area contributed by atoms with Gasteiger partial charge in [0, 0.05) is 5.69 Å². The summed E-state index contributed by atoms with van der Waals surface area (Å²) >= 11 is 1.33. The Hall–Kier alpha value is -2.67. The molecule has 1 unspecified atom stereocenters. The molecule has 1 heterocycles. The molecule has 26 heavy (non-hydrogen) atoms. The zero-order chi connectivity index (χ0) is 18.5. The van der Waals surface area contributed by atoms with E-state index < -0.39 is 5.82 Å². The van der Waals surface area contributed by atoms with Crippen LogP contribution >= 0.6 is 11.8 Å². The first-order chi connectivity index (χ1) is 12.6. The molecule has 0 fully saturated rings. The van der Waals surface area contributed by atoms with Gasteiger partial charge in [-0.05, 0) is 38.1 Å². The van der Waals surface area contributed by atoms with Crippen molar-refractivity contribution in [3.8, 4) is 11.4 Å². The van der Waals surface area contributed by atoms with E-state index in [0.717, 1.165) is 5.69 Å². The van der Waals surface area contributed by atoms with Gasteiger partial charge in [0.05, 0.1) is 5.25 Å². The Morgan fingerprint density at radius 1 is 1.15 bits per heavy atom. The molecule has 5 nitrogen and oxygen atoms in total. The highest BCUT2D eigenvalue weighted by molar-refractivity contribution is 8.00. The number of Topliss-reactive ketones (excluding diaryl/α,β-unsaturated/α-hetero) is 1. The van der Waals surface area contributed by atoms with E-state index in [9.17, 15) is 9.18 Å². The highest BCUT2D eigenvalue weighted by atomic mass is 32.2. The van der Waals surface area contributed by atoms with Crippen LogP contribution in [0.3, 0.4) is 0 Å². The Morgan fingerprint density at radius 2 is 1.85 bits per heavy atom. The molecule has 134 valence electrons. The summed E-state index contributed by atoms with van der Waals surface area (Å²) in [6.45, 7) is 3.42. The zero-order valence-electron chi connectivity index (χ0n) is 14.4. The quantitative estimate of drug-likeness (QED) is 0.586. The van der Waals surface area contributed by atoms with Gasteiger partial charge in [0.2, 0.25) is 0 Å². The molecule has 1 atom stereocenters. The molecule has 0 radical (unpaired) electrons. The van der Waals surface area contributed by atoms with Crippen LogP contribution in [0, 0.1) is 5.82 Å². The van der Waals surface area contributed by atoms with Crippen molar-refractivity contribution in [3.05, 3.63) is 66.2 Å². The summed E-state index contributed by atoms with van der Waals surface area (Å²) in [7, 11) is 0. The second-order valence-corrected chi connectivity index (χ2v) is 6.97. The maximum Gasteiger partial charge on any atom is 0.196 e. The number of rotatable bonds is 7. The van der Waals surface area contributed by atoms with Gasteiger partial charge in [-0.25, -0.2) is 4.39 Å². The van der Waals surface area contributed by atoms with Gasteiger partial charge < -0.3 is 4.74 Å². The maximum absolute atomic E-state index is 13.8. The SMILES string of the molecule is CC(=O)C(C)Sc1nnc(COc2ccccc2F)n1-c1ccccc1. The third-order valence-electron chi connectivity index (χ3n) is 3.76. The standard InChI is InChI=1S/C19H18FN3O2S/c1-13(24)14(2)26-19-22-21-18(23(19)15-8-4-3-5-9-15)12-25-17-11-7-6-10-16(17)20/h3-11,14H,12H2,1-2H3. The topological polar surface area (TPSA) is 57.0 Å². The van der Waals surface area contributed by atoms with Gasteiger partial charge in [-0.1, -0.05) is 42.1 Å². The van der Waals surface area contributed by atoms with Gasteiger partial charge in [-0.2, -0.15) is 0 Å². The average Bonchev–Trinajstić information content (AvgIpc) is 3.04. The Labute approximate surface area is 155 Å². The first-order valence-corrected chi connectivity index (χ1v) is 8.98. The minimum atomic E-state index is -0.432. The van der Waals surface area contributed by atoms with Gasteiger partial charge in [-0.15, -0.1) is 10.2 Å². The summed E-state index contributed by atoms with van der Waals surface area (Å²) in [5, 5.41) is 8.72. The van der Waals surface area contributed by atoms with E-state index in [-0.39, 0.29) is 23.4 Å². The molecule has 0 saturated carbocycles. The minimum Gasteiger partial charge on any atom is -0.483 e. The molecule has 0 aliphatic heterocycles. The van der Waals surface area contributed by atoms with Crippen molar-refractivity contribution in [1.29, 1.82) is 0 Å². The average molecular weight is 371 g/mol. The van der Waals surface area contributed by atoms with Gasteiger partial charge in [0.15, 0.2) is 22.5 Å². The van der Waals surface area contributed by atoms with Crippen molar-refractivity contribution in [1.82, 2.24) is 14.8 Å². The molecule has 0 amide bonds. The molecule has 0 N–H and O–H groups in total. The van der Waals surface area contributed by atoms with Gasteiger partial charge >= 0.3 is 0 Å². The van der Waals surface area contributed by atoms with Crippen LogP contribution in [0.15, 0.2) is 59.8 Å². The lowest BCUT2D eigenvalue weighted by Crippen LogP contribution is -2.11. The van der Waals surface area contributed by atoms with Crippen molar-refractivity contribution >= 4 is 17.5 Å². The number of ketones is 1. The number of hydrogen-bond acceptors (Lipinski definition) is 5. The van der Waals surface area contributed by atoms with Gasteiger partial charge in [0.1, 0.15) is 12.4 Å². The smallest absolute Gasteiger partial charge is 0.196 e. The summed E-state index contributed by atoms with van der Waals surface area (Å²) in [5.74, 6) is 0.305. The molecule has 0 saturated heterocycles. The number of hydrogen-bond donors (Lipinski definition) is 0. The fourth-order valence-electron chi connectivity index (χ4n) is 2.25. The third kappa shape index (κ3) is 4.11. The summed E-state index contributed by atoms with van der Waals surface area (Å²) in [6, 6.07) is 15.8. The monoisotopic (exact) mass is 371 g/mol. The number of benzene rings is 2. The molecule has 1 aromatic heterocycles. The van der Waals surface area contributed by atoms with Crippen molar-refractivity contribution in [2.24, 2.45) is 0 Å². The number of thioether (sulfide) groups is 1. The van der Waals surface area contributed by atoms with Crippen LogP contribution in [0.25, 0.3) is 5.69 Å². The molecule has 0 spiro atoms. The first-order valence-electron chi connectivity index (χ1n) is 8.10. The fraction of sp³-hybridized carbons (Fsp3) is 0.211. The van der Waals surface area contributed by atoms with Crippen LogP contribution in [-0.2, 0) is 11.4 Å². The van der Waals surface area contributed by atoms with Crippen molar-refractivity contribution < 1.29 is 13.9 Å². The highest BCUT2D eigenvalue weighted by Gasteiger charge is 2.19. The predicted octanol–water partition coefficient (Wildman–Crippen LogP) is 4.06. The van der Waals surface area contributed by atoms with Crippen molar-refractivity contribution in [2.75, 3.05) is 0 Å². The second kappa shape index (κ2) is 8.14. The lowest BCUT2D eigenvalue weighted by molar-refractivity contribution is -0.116. The van der Waals surface area contributed by atoms with Crippen LogP contribution in [0.5, 0.6) is 5.75 Å². The van der Waals surface area contributed by atoms with E-state index in [1.54, 1.807) is 25.1 Å². The van der Waals surface area contributed by atoms with Crippen molar-refractivity contribution in [2.45, 2.75) is 30.9 Å². The fourth-order valence-corrected chi connectivity index (χ4v) is 3.14. The normalized spacial score (nSPS) is 12.0. The minimum absolute atomic E-state index is 0.0534. The van der Waals surface area contributed by atoms with Gasteiger partial charge in [-0.3, -0.25) is 9.36 Å². The summed E-state index contributed by atoms with van der Waals surface area (Å²) < 4.78 is 21.2. The molecule has 2 aromatic carbocycles. The Morgan fingerprint density at radius 3 is 2.54 bits per heavy atom. The molecule has 7 heteroatoms.